The summed E-state index contributed by atoms with van der Waals surface area (Å²) in [4.78, 5) is 47.7. The lowest BCUT2D eigenvalue weighted by atomic mass is 9.82. The summed E-state index contributed by atoms with van der Waals surface area (Å²) in [6.07, 6.45) is 3.23. The molecule has 1 saturated carbocycles. The fourth-order valence-corrected chi connectivity index (χ4v) is 3.77. The van der Waals surface area contributed by atoms with E-state index < -0.39 is 12.1 Å². The van der Waals surface area contributed by atoms with Crippen LogP contribution in [0.15, 0.2) is 61.2 Å². The van der Waals surface area contributed by atoms with Gasteiger partial charge in [0.2, 0.25) is 0 Å². The first-order valence-corrected chi connectivity index (χ1v) is 12.3. The Kier molecular flexibility index (Phi) is 10.7. The molecule has 0 heterocycles. The number of rotatable bonds is 11. The molecule has 1 aliphatic rings. The Morgan fingerprint density at radius 2 is 1.13 bits per heavy atom. The molecule has 0 unspecified atom stereocenters. The van der Waals surface area contributed by atoms with Crippen LogP contribution in [0.1, 0.15) is 38.5 Å². The average molecular weight is 527 g/mol. The number of unbranched alkanes of at least 4 members (excludes halogenated alkanes) is 1. The highest BCUT2D eigenvalue weighted by Crippen LogP contribution is 2.32. The molecule has 0 atom stereocenters. The fraction of sp³-hybridized carbons (Fsp3) is 0.357. The molecule has 202 valence electrons. The molecular weight excluding hydrogens is 496 g/mol. The third-order valence-electron chi connectivity index (χ3n) is 5.86. The lowest BCUT2D eigenvalue weighted by Crippen LogP contribution is -2.30. The Morgan fingerprint density at radius 1 is 0.711 bits per heavy atom. The molecule has 1 aliphatic carbocycles. The summed E-state index contributed by atoms with van der Waals surface area (Å²) < 4.78 is 25.7. The summed E-state index contributed by atoms with van der Waals surface area (Å²) in [5.41, 5.74) is 0. The van der Waals surface area contributed by atoms with Crippen LogP contribution in [-0.4, -0.2) is 42.4 Å². The smallest absolute Gasteiger partial charge is 0.508 e. The van der Waals surface area contributed by atoms with E-state index >= 15 is 0 Å². The largest absolute Gasteiger partial charge is 0.513 e. The first-order chi connectivity index (χ1) is 18.3. The molecule has 0 bridgehead atoms. The van der Waals surface area contributed by atoms with Gasteiger partial charge in [-0.25, -0.2) is 9.59 Å². The lowest BCUT2D eigenvalue weighted by molar-refractivity contribution is -0.145. The average Bonchev–Trinajstić information content (AvgIpc) is 2.92. The Balaban J connectivity index is 1.34. The van der Waals surface area contributed by atoms with Crippen LogP contribution in [0.2, 0.25) is 0 Å². The second kappa shape index (κ2) is 14.4. The lowest BCUT2D eigenvalue weighted by Gasteiger charge is -2.25. The van der Waals surface area contributed by atoms with E-state index in [-0.39, 0.29) is 48.5 Å². The van der Waals surface area contributed by atoms with Gasteiger partial charge in [0, 0.05) is 6.08 Å². The van der Waals surface area contributed by atoms with Crippen LogP contribution < -0.4 is 14.2 Å². The van der Waals surface area contributed by atoms with Crippen molar-refractivity contribution in [1.82, 2.24) is 0 Å². The maximum Gasteiger partial charge on any atom is 0.513 e. The molecule has 10 heteroatoms. The summed E-state index contributed by atoms with van der Waals surface area (Å²) >= 11 is 0. The van der Waals surface area contributed by atoms with Crippen LogP contribution in [0.4, 0.5) is 4.79 Å². The highest BCUT2D eigenvalue weighted by atomic mass is 16.7. The van der Waals surface area contributed by atoms with Gasteiger partial charge in [-0.3, -0.25) is 9.59 Å². The normalized spacial score (nSPS) is 16.5. The molecule has 0 saturated heterocycles. The summed E-state index contributed by atoms with van der Waals surface area (Å²) in [6, 6.07) is 11.9. The number of carbonyl (C=O) groups excluding carboxylic acids is 4. The van der Waals surface area contributed by atoms with Gasteiger partial charge in [-0.2, -0.15) is 0 Å². The zero-order chi connectivity index (χ0) is 27.3. The highest BCUT2D eigenvalue weighted by Gasteiger charge is 2.32. The third-order valence-corrected chi connectivity index (χ3v) is 5.86. The predicted molar refractivity (Wildman–Crippen MR) is 134 cm³/mol. The van der Waals surface area contributed by atoms with Crippen molar-refractivity contribution in [2.45, 2.75) is 38.5 Å². The van der Waals surface area contributed by atoms with Crippen molar-refractivity contribution in [3.05, 3.63) is 61.2 Å². The molecule has 1 N–H and O–H groups in total. The Bertz CT molecular complexity index is 1100. The first kappa shape index (κ1) is 28.2. The van der Waals surface area contributed by atoms with Crippen molar-refractivity contribution in [1.29, 1.82) is 0 Å². The van der Waals surface area contributed by atoms with Crippen molar-refractivity contribution in [3.63, 3.8) is 0 Å². The maximum atomic E-state index is 12.6. The Morgan fingerprint density at radius 3 is 1.61 bits per heavy atom. The summed E-state index contributed by atoms with van der Waals surface area (Å²) in [5.74, 6) is -0.913. The van der Waals surface area contributed by atoms with Gasteiger partial charge in [0.1, 0.15) is 23.0 Å². The molecule has 0 radical (unpaired) electrons. The minimum Gasteiger partial charge on any atom is -0.508 e. The first-order valence-electron chi connectivity index (χ1n) is 12.3. The molecule has 0 aliphatic heterocycles. The SMILES string of the molecule is C=CC(=O)OCCCCOC(=O)Oc1ccc(OC(=O)C2CCC(C(=O)Oc3ccc(O)cc3)CC2)cc1. The number of benzene rings is 2. The van der Waals surface area contributed by atoms with E-state index in [1.54, 1.807) is 0 Å². The standard InChI is InChI=1S/C28H30O10/c1-2-25(30)34-17-3-4-18-35-28(33)38-24-15-13-23(14-16-24)37-27(32)20-7-5-19(6-8-20)26(31)36-22-11-9-21(29)10-12-22/h2,9-16,19-20,29H,1,3-8,17-18H2. The van der Waals surface area contributed by atoms with Crippen molar-refractivity contribution in [2.24, 2.45) is 11.8 Å². The van der Waals surface area contributed by atoms with Crippen LogP contribution in [0.5, 0.6) is 23.0 Å². The molecule has 3 rings (SSSR count). The van der Waals surface area contributed by atoms with E-state index in [1.165, 1.54) is 48.5 Å². The second-order valence-electron chi connectivity index (χ2n) is 8.64. The predicted octanol–water partition coefficient (Wildman–Crippen LogP) is 4.73. The van der Waals surface area contributed by atoms with Gasteiger partial charge in [0.15, 0.2) is 0 Å². The second-order valence-corrected chi connectivity index (χ2v) is 8.64. The van der Waals surface area contributed by atoms with Crippen molar-refractivity contribution in [2.75, 3.05) is 13.2 Å². The number of phenols is 1. The summed E-state index contributed by atoms with van der Waals surface area (Å²) in [7, 11) is 0. The van der Waals surface area contributed by atoms with Gasteiger partial charge in [0.25, 0.3) is 0 Å². The van der Waals surface area contributed by atoms with Crippen molar-refractivity contribution in [3.8, 4) is 23.0 Å². The van der Waals surface area contributed by atoms with Crippen LogP contribution in [0.3, 0.4) is 0 Å². The van der Waals surface area contributed by atoms with E-state index in [4.69, 9.17) is 23.7 Å². The molecule has 10 nitrogen and oxygen atoms in total. The topological polar surface area (TPSA) is 135 Å². The van der Waals surface area contributed by atoms with E-state index in [1.807, 2.05) is 0 Å². The highest BCUT2D eigenvalue weighted by molar-refractivity contribution is 5.81. The van der Waals surface area contributed by atoms with Gasteiger partial charge in [-0.15, -0.1) is 0 Å². The Hall–Kier alpha value is -4.34. The summed E-state index contributed by atoms with van der Waals surface area (Å²) in [6.45, 7) is 3.61. The minimum absolute atomic E-state index is 0.0856. The zero-order valence-corrected chi connectivity index (χ0v) is 20.8. The van der Waals surface area contributed by atoms with Gasteiger partial charge in [-0.1, -0.05) is 6.58 Å². The van der Waals surface area contributed by atoms with Gasteiger partial charge in [0.05, 0.1) is 25.0 Å². The maximum absolute atomic E-state index is 12.6. The number of aromatic hydroxyl groups is 1. The van der Waals surface area contributed by atoms with Gasteiger partial charge < -0.3 is 28.8 Å². The molecule has 2 aromatic rings. The van der Waals surface area contributed by atoms with Gasteiger partial charge >= 0.3 is 24.1 Å². The van der Waals surface area contributed by atoms with E-state index in [2.05, 4.69) is 6.58 Å². The molecule has 38 heavy (non-hydrogen) atoms. The number of hydrogen-bond acceptors (Lipinski definition) is 10. The van der Waals surface area contributed by atoms with Crippen LogP contribution in [-0.2, 0) is 23.9 Å². The molecule has 0 spiro atoms. The van der Waals surface area contributed by atoms with Crippen molar-refractivity contribution >= 4 is 24.1 Å². The fourth-order valence-electron chi connectivity index (χ4n) is 3.77. The monoisotopic (exact) mass is 526 g/mol. The number of esters is 3. The number of hydrogen-bond donors (Lipinski definition) is 1. The molecule has 2 aromatic carbocycles. The van der Waals surface area contributed by atoms with Crippen LogP contribution in [0.25, 0.3) is 0 Å². The summed E-state index contributed by atoms with van der Waals surface area (Å²) in [5, 5.41) is 9.32. The quantitative estimate of drug-likeness (QED) is 0.144. The minimum atomic E-state index is -0.876. The molecule has 1 fully saturated rings. The van der Waals surface area contributed by atoms with E-state index in [9.17, 15) is 24.3 Å². The van der Waals surface area contributed by atoms with E-state index in [0.29, 0.717) is 50.0 Å². The molecular formula is C28H30O10. The Labute approximate surface area is 220 Å². The molecule has 0 amide bonds. The van der Waals surface area contributed by atoms with Crippen LogP contribution in [0, 0.1) is 11.8 Å². The van der Waals surface area contributed by atoms with Crippen LogP contribution >= 0.6 is 0 Å². The zero-order valence-electron chi connectivity index (χ0n) is 20.8. The van der Waals surface area contributed by atoms with Crippen molar-refractivity contribution < 1.29 is 48.0 Å². The number of carbonyl (C=O) groups is 4. The third kappa shape index (κ3) is 9.27. The van der Waals surface area contributed by atoms with Gasteiger partial charge in [-0.05, 0) is 87.1 Å². The number of phenolic OH excluding ortho intramolecular Hbond substituents is 1. The van der Waals surface area contributed by atoms with E-state index in [0.717, 1.165) is 6.08 Å². The number of ether oxygens (including phenoxy) is 5. The molecule has 0 aromatic heterocycles.